The van der Waals surface area contributed by atoms with Gasteiger partial charge in [-0.05, 0) is 63.0 Å². The Morgan fingerprint density at radius 1 is 1.22 bits per heavy atom. The zero-order chi connectivity index (χ0) is 20.3. The van der Waals surface area contributed by atoms with Crippen molar-refractivity contribution in [3.63, 3.8) is 0 Å². The Morgan fingerprint density at radius 3 is 2.63 bits per heavy atom. The number of amides is 1. The van der Waals surface area contributed by atoms with E-state index in [0.29, 0.717) is 13.2 Å². The fourth-order valence-corrected chi connectivity index (χ4v) is 3.37. The van der Waals surface area contributed by atoms with Crippen LogP contribution in [0.15, 0.2) is 58.7 Å². The summed E-state index contributed by atoms with van der Waals surface area (Å²) in [5.74, 6) is -0.0595. The van der Waals surface area contributed by atoms with Crippen LogP contribution in [0.1, 0.15) is 60.3 Å². The first-order chi connectivity index (χ1) is 12.8. The standard InChI is InChI=1S/C24H37NO2/c1-19(13-14-22-21(3)12-8-15-24(22,4)5)10-7-11-20(2)18-23(26)25-16-9-17-27-6/h7,10-11,13-14,18H,8-9,12,15-17H2,1-6H3,(H,25,26)/b11-7+,14-13+,19-10+,20-18+. The first-order valence-corrected chi connectivity index (χ1v) is 9.94. The molecule has 0 unspecified atom stereocenters. The first kappa shape index (κ1) is 23.2. The van der Waals surface area contributed by atoms with E-state index in [1.54, 1.807) is 13.2 Å². The van der Waals surface area contributed by atoms with Crippen LogP contribution in [0.5, 0.6) is 0 Å². The molecule has 3 heteroatoms. The van der Waals surface area contributed by atoms with Crippen molar-refractivity contribution >= 4 is 5.91 Å². The summed E-state index contributed by atoms with van der Waals surface area (Å²) in [5.41, 5.74) is 5.39. The molecule has 1 aliphatic carbocycles. The smallest absolute Gasteiger partial charge is 0.244 e. The van der Waals surface area contributed by atoms with Crippen molar-refractivity contribution in [1.29, 1.82) is 0 Å². The van der Waals surface area contributed by atoms with Gasteiger partial charge in [-0.25, -0.2) is 0 Å². The summed E-state index contributed by atoms with van der Waals surface area (Å²) >= 11 is 0. The van der Waals surface area contributed by atoms with Crippen LogP contribution in [0.2, 0.25) is 0 Å². The number of methoxy groups -OCH3 is 1. The molecule has 0 radical (unpaired) electrons. The van der Waals surface area contributed by atoms with Crippen molar-refractivity contribution in [2.24, 2.45) is 5.41 Å². The molecule has 1 amide bonds. The number of allylic oxidation sites excluding steroid dienone is 9. The molecule has 0 aromatic heterocycles. The molecule has 1 N–H and O–H groups in total. The van der Waals surface area contributed by atoms with Gasteiger partial charge >= 0.3 is 0 Å². The second-order valence-corrected chi connectivity index (χ2v) is 8.06. The third-order valence-electron chi connectivity index (χ3n) is 4.96. The van der Waals surface area contributed by atoms with Crippen molar-refractivity contribution in [2.45, 2.75) is 60.3 Å². The monoisotopic (exact) mass is 371 g/mol. The maximum absolute atomic E-state index is 11.8. The third kappa shape index (κ3) is 9.05. The Hall–Kier alpha value is -1.87. The van der Waals surface area contributed by atoms with E-state index in [0.717, 1.165) is 12.0 Å². The molecule has 1 rings (SSSR count). The SMILES string of the molecule is COCCCNC(=O)/C=C(C)/C=C/C=C(C)/C=C/C1=C(C)CCCC1(C)C. The molecular formula is C24H37NO2. The van der Waals surface area contributed by atoms with Crippen LogP contribution in [-0.2, 0) is 9.53 Å². The van der Waals surface area contributed by atoms with Crippen molar-refractivity contribution in [1.82, 2.24) is 5.32 Å². The average molecular weight is 372 g/mol. The van der Waals surface area contributed by atoms with Crippen molar-refractivity contribution < 1.29 is 9.53 Å². The highest BCUT2D eigenvalue weighted by atomic mass is 16.5. The van der Waals surface area contributed by atoms with E-state index < -0.39 is 0 Å². The molecule has 0 aromatic rings. The van der Waals surface area contributed by atoms with E-state index in [1.165, 1.54) is 36.0 Å². The molecule has 1 aliphatic rings. The topological polar surface area (TPSA) is 38.3 Å². The van der Waals surface area contributed by atoms with Crippen molar-refractivity contribution in [3.05, 3.63) is 58.7 Å². The van der Waals surface area contributed by atoms with Crippen molar-refractivity contribution in [3.8, 4) is 0 Å². The largest absolute Gasteiger partial charge is 0.385 e. The zero-order valence-corrected chi connectivity index (χ0v) is 18.0. The van der Waals surface area contributed by atoms with Crippen LogP contribution in [0, 0.1) is 5.41 Å². The molecule has 0 saturated carbocycles. The lowest BCUT2D eigenvalue weighted by Crippen LogP contribution is -2.23. The van der Waals surface area contributed by atoms with Crippen LogP contribution in [-0.4, -0.2) is 26.2 Å². The fourth-order valence-electron chi connectivity index (χ4n) is 3.37. The van der Waals surface area contributed by atoms with Crippen LogP contribution in [0.3, 0.4) is 0 Å². The fraction of sp³-hybridized carbons (Fsp3) is 0.542. The third-order valence-corrected chi connectivity index (χ3v) is 4.96. The number of carbonyl (C=O) groups is 1. The number of rotatable bonds is 9. The molecule has 27 heavy (non-hydrogen) atoms. The van der Waals surface area contributed by atoms with Crippen molar-refractivity contribution in [2.75, 3.05) is 20.3 Å². The maximum Gasteiger partial charge on any atom is 0.244 e. The van der Waals surface area contributed by atoms with Gasteiger partial charge in [0.05, 0.1) is 0 Å². The molecule has 0 bridgehead atoms. The highest BCUT2D eigenvalue weighted by molar-refractivity contribution is 5.88. The van der Waals surface area contributed by atoms with E-state index in [2.05, 4.69) is 51.2 Å². The van der Waals surface area contributed by atoms with Crippen LogP contribution in [0.25, 0.3) is 0 Å². The number of carbonyl (C=O) groups excluding carboxylic acids is 1. The van der Waals surface area contributed by atoms with Gasteiger partial charge in [0.1, 0.15) is 0 Å². The molecule has 0 heterocycles. The minimum atomic E-state index is -0.0595. The van der Waals surface area contributed by atoms with Gasteiger partial charge in [0.15, 0.2) is 0 Å². The summed E-state index contributed by atoms with van der Waals surface area (Å²) in [4.78, 5) is 11.8. The van der Waals surface area contributed by atoms with Gasteiger partial charge in [0.25, 0.3) is 0 Å². The van der Waals surface area contributed by atoms with Gasteiger partial charge in [0, 0.05) is 26.3 Å². The van der Waals surface area contributed by atoms with E-state index in [-0.39, 0.29) is 11.3 Å². The minimum absolute atomic E-state index is 0.0595. The molecule has 0 saturated heterocycles. The summed E-state index contributed by atoms with van der Waals surface area (Å²) < 4.78 is 4.96. The van der Waals surface area contributed by atoms with Gasteiger partial charge in [0.2, 0.25) is 5.91 Å². The maximum atomic E-state index is 11.8. The number of ether oxygens (including phenoxy) is 1. The summed E-state index contributed by atoms with van der Waals surface area (Å²) in [6, 6.07) is 0. The Kier molecular flexibility index (Phi) is 10.1. The minimum Gasteiger partial charge on any atom is -0.385 e. The predicted molar refractivity (Wildman–Crippen MR) is 116 cm³/mol. The Balaban J connectivity index is 2.60. The average Bonchev–Trinajstić information content (AvgIpc) is 2.57. The van der Waals surface area contributed by atoms with Crippen LogP contribution in [0.4, 0.5) is 0 Å². The molecule has 150 valence electrons. The quantitative estimate of drug-likeness (QED) is 0.322. The Morgan fingerprint density at radius 2 is 1.96 bits per heavy atom. The molecule has 0 spiro atoms. The lowest BCUT2D eigenvalue weighted by Gasteiger charge is -2.32. The number of hydrogen-bond acceptors (Lipinski definition) is 2. The van der Waals surface area contributed by atoms with Gasteiger partial charge < -0.3 is 10.1 Å². The summed E-state index contributed by atoms with van der Waals surface area (Å²) in [6.45, 7) is 12.3. The second-order valence-electron chi connectivity index (χ2n) is 8.06. The van der Waals surface area contributed by atoms with E-state index in [4.69, 9.17) is 4.74 Å². The van der Waals surface area contributed by atoms with E-state index >= 15 is 0 Å². The Labute approximate surface area is 166 Å². The zero-order valence-electron chi connectivity index (χ0n) is 18.0. The summed E-state index contributed by atoms with van der Waals surface area (Å²) in [6.07, 6.45) is 16.7. The second kappa shape index (κ2) is 11.8. The van der Waals surface area contributed by atoms with Gasteiger partial charge in [-0.2, -0.15) is 0 Å². The summed E-state index contributed by atoms with van der Waals surface area (Å²) in [7, 11) is 1.66. The Bertz CT molecular complexity index is 645. The number of nitrogens with one attached hydrogen (secondary N) is 1. The summed E-state index contributed by atoms with van der Waals surface area (Å²) in [5, 5.41) is 2.86. The van der Waals surface area contributed by atoms with Gasteiger partial charge in [-0.15, -0.1) is 0 Å². The lowest BCUT2D eigenvalue weighted by atomic mass is 9.72. The van der Waals surface area contributed by atoms with Crippen LogP contribution >= 0.6 is 0 Å². The number of hydrogen-bond donors (Lipinski definition) is 1. The van der Waals surface area contributed by atoms with E-state index in [1.807, 2.05) is 19.1 Å². The highest BCUT2D eigenvalue weighted by Crippen LogP contribution is 2.40. The van der Waals surface area contributed by atoms with Crippen LogP contribution < -0.4 is 5.32 Å². The molecule has 0 fully saturated rings. The van der Waals surface area contributed by atoms with E-state index in [9.17, 15) is 4.79 Å². The van der Waals surface area contributed by atoms with Gasteiger partial charge in [-0.1, -0.05) is 55.4 Å². The predicted octanol–water partition coefficient (Wildman–Crippen LogP) is 5.67. The molecule has 0 aliphatic heterocycles. The lowest BCUT2D eigenvalue weighted by molar-refractivity contribution is -0.116. The normalized spacial score (nSPS) is 18.6. The molecule has 0 aromatic carbocycles. The van der Waals surface area contributed by atoms with Gasteiger partial charge in [-0.3, -0.25) is 4.79 Å². The molecular weight excluding hydrogens is 334 g/mol. The molecule has 0 atom stereocenters. The highest BCUT2D eigenvalue weighted by Gasteiger charge is 2.26. The molecule has 3 nitrogen and oxygen atoms in total. The first-order valence-electron chi connectivity index (χ1n) is 9.94.